The SMILES string of the molecule is FC=Cc1cc(F)c(F)c(F)c1F. The lowest BCUT2D eigenvalue weighted by molar-refractivity contribution is 0.408. The van der Waals surface area contributed by atoms with E-state index < -0.39 is 28.8 Å². The van der Waals surface area contributed by atoms with Crippen LogP contribution in [0.25, 0.3) is 6.08 Å². The van der Waals surface area contributed by atoms with Gasteiger partial charge in [0.05, 0.1) is 6.33 Å². The van der Waals surface area contributed by atoms with Crippen LogP contribution in [0, 0.1) is 23.3 Å². The van der Waals surface area contributed by atoms with E-state index in [4.69, 9.17) is 0 Å². The molecule has 0 amide bonds. The zero-order valence-electron chi connectivity index (χ0n) is 6.12. The van der Waals surface area contributed by atoms with E-state index in [1.807, 2.05) is 0 Å². The highest BCUT2D eigenvalue weighted by molar-refractivity contribution is 5.49. The van der Waals surface area contributed by atoms with E-state index >= 15 is 0 Å². The van der Waals surface area contributed by atoms with E-state index in [9.17, 15) is 22.0 Å². The highest BCUT2D eigenvalue weighted by atomic mass is 19.2. The topological polar surface area (TPSA) is 0 Å². The Morgan fingerprint density at radius 1 is 0.923 bits per heavy atom. The molecule has 0 saturated carbocycles. The second-order valence-electron chi connectivity index (χ2n) is 2.18. The smallest absolute Gasteiger partial charge is 0.198 e. The Balaban J connectivity index is 3.40. The van der Waals surface area contributed by atoms with Gasteiger partial charge in [0.2, 0.25) is 0 Å². The summed E-state index contributed by atoms with van der Waals surface area (Å²) in [4.78, 5) is 0. The molecule has 0 bridgehead atoms. The van der Waals surface area contributed by atoms with Crippen LogP contribution in [0.3, 0.4) is 0 Å². The molecule has 0 atom stereocenters. The van der Waals surface area contributed by atoms with E-state index in [0.717, 1.165) is 0 Å². The predicted molar refractivity (Wildman–Crippen MR) is 36.4 cm³/mol. The molecule has 1 rings (SSSR count). The zero-order chi connectivity index (χ0) is 10.0. The summed E-state index contributed by atoms with van der Waals surface area (Å²) in [5, 5.41) is 0. The zero-order valence-corrected chi connectivity index (χ0v) is 6.12. The first-order chi connectivity index (χ1) is 6.07. The van der Waals surface area contributed by atoms with Gasteiger partial charge in [-0.15, -0.1) is 0 Å². The third-order valence-electron chi connectivity index (χ3n) is 1.37. The molecule has 5 heteroatoms. The Labute approximate surface area is 70.3 Å². The molecule has 0 nitrogen and oxygen atoms in total. The lowest BCUT2D eigenvalue weighted by atomic mass is 10.2. The van der Waals surface area contributed by atoms with Gasteiger partial charge in [-0.3, -0.25) is 0 Å². The molecule has 0 spiro atoms. The molecule has 0 N–H and O–H groups in total. The third-order valence-corrected chi connectivity index (χ3v) is 1.37. The maximum Gasteiger partial charge on any atom is 0.198 e. The fourth-order valence-corrected chi connectivity index (χ4v) is 0.780. The van der Waals surface area contributed by atoms with Crippen LogP contribution in [0.1, 0.15) is 5.56 Å². The molecule has 70 valence electrons. The van der Waals surface area contributed by atoms with Crippen molar-refractivity contribution in [2.24, 2.45) is 0 Å². The van der Waals surface area contributed by atoms with Gasteiger partial charge in [0.15, 0.2) is 23.3 Å². The first-order valence-corrected chi connectivity index (χ1v) is 3.17. The second kappa shape index (κ2) is 3.55. The van der Waals surface area contributed by atoms with Gasteiger partial charge in [-0.25, -0.2) is 22.0 Å². The van der Waals surface area contributed by atoms with Gasteiger partial charge in [-0.1, -0.05) is 0 Å². The van der Waals surface area contributed by atoms with Crippen molar-refractivity contribution in [3.05, 3.63) is 41.2 Å². The normalized spacial score (nSPS) is 11.2. The fraction of sp³-hybridized carbons (Fsp3) is 0. The van der Waals surface area contributed by atoms with E-state index in [1.54, 1.807) is 0 Å². The largest absolute Gasteiger partial charge is 0.216 e. The Morgan fingerprint density at radius 3 is 2.08 bits per heavy atom. The molecule has 13 heavy (non-hydrogen) atoms. The lowest BCUT2D eigenvalue weighted by Crippen LogP contribution is -1.97. The van der Waals surface area contributed by atoms with E-state index in [0.29, 0.717) is 12.1 Å². The molecule has 0 aliphatic rings. The second-order valence-corrected chi connectivity index (χ2v) is 2.18. The molecule has 0 aliphatic heterocycles. The molecule has 0 radical (unpaired) electrons. The number of halogens is 5. The van der Waals surface area contributed by atoms with Crippen molar-refractivity contribution in [3.8, 4) is 0 Å². The van der Waals surface area contributed by atoms with Gasteiger partial charge in [0.1, 0.15) is 0 Å². The van der Waals surface area contributed by atoms with Crippen molar-refractivity contribution < 1.29 is 22.0 Å². The van der Waals surface area contributed by atoms with Gasteiger partial charge in [-0.2, -0.15) is 0 Å². The van der Waals surface area contributed by atoms with Crippen LogP contribution in [0.4, 0.5) is 22.0 Å². The molecular weight excluding hydrogens is 191 g/mol. The molecule has 0 saturated heterocycles. The van der Waals surface area contributed by atoms with E-state index in [1.165, 1.54) is 0 Å². The Kier molecular flexibility index (Phi) is 2.65. The standard InChI is InChI=1S/C8H3F5/c9-2-1-4-3-5(10)7(12)8(13)6(4)11/h1-3H. The summed E-state index contributed by atoms with van der Waals surface area (Å²) >= 11 is 0. The van der Waals surface area contributed by atoms with Crippen LogP contribution >= 0.6 is 0 Å². The number of benzene rings is 1. The van der Waals surface area contributed by atoms with E-state index in [-0.39, 0.29) is 6.33 Å². The summed E-state index contributed by atoms with van der Waals surface area (Å²) < 4.78 is 61.3. The van der Waals surface area contributed by atoms with Crippen LogP contribution in [-0.2, 0) is 0 Å². The maximum atomic E-state index is 12.6. The van der Waals surface area contributed by atoms with Gasteiger partial charge >= 0.3 is 0 Å². The summed E-state index contributed by atoms with van der Waals surface area (Å²) in [6.45, 7) is 0. The summed E-state index contributed by atoms with van der Waals surface area (Å²) in [5.41, 5.74) is -0.682. The van der Waals surface area contributed by atoms with Gasteiger partial charge in [-0.05, 0) is 12.1 Å². The number of hydrogen-bond donors (Lipinski definition) is 0. The molecule has 0 aromatic heterocycles. The summed E-state index contributed by atoms with van der Waals surface area (Å²) in [6, 6.07) is 0.365. The van der Waals surface area contributed by atoms with Gasteiger partial charge in [0.25, 0.3) is 0 Å². The molecule has 0 aliphatic carbocycles. The van der Waals surface area contributed by atoms with Crippen molar-refractivity contribution in [3.63, 3.8) is 0 Å². The van der Waals surface area contributed by atoms with Crippen molar-refractivity contribution in [1.29, 1.82) is 0 Å². The summed E-state index contributed by atoms with van der Waals surface area (Å²) in [6.07, 6.45) is 0.385. The van der Waals surface area contributed by atoms with Crippen molar-refractivity contribution in [2.75, 3.05) is 0 Å². The lowest BCUT2D eigenvalue weighted by Gasteiger charge is -2.00. The van der Waals surface area contributed by atoms with Crippen LogP contribution in [-0.4, -0.2) is 0 Å². The minimum Gasteiger partial charge on any atom is -0.216 e. The predicted octanol–water partition coefficient (Wildman–Crippen LogP) is 3.18. The van der Waals surface area contributed by atoms with Crippen LogP contribution < -0.4 is 0 Å². The Bertz CT molecular complexity index is 356. The average Bonchev–Trinajstić information content (AvgIpc) is 2.11. The maximum absolute atomic E-state index is 12.6. The molecule has 0 fully saturated rings. The first-order valence-electron chi connectivity index (χ1n) is 3.17. The molecule has 0 unspecified atom stereocenters. The molecular formula is C8H3F5. The monoisotopic (exact) mass is 194 g/mol. The molecule has 1 aromatic rings. The van der Waals surface area contributed by atoms with Crippen LogP contribution in [0.2, 0.25) is 0 Å². The highest BCUT2D eigenvalue weighted by Gasteiger charge is 2.17. The Hall–Kier alpha value is -1.39. The Morgan fingerprint density at radius 2 is 1.54 bits per heavy atom. The third kappa shape index (κ3) is 1.68. The van der Waals surface area contributed by atoms with Crippen LogP contribution in [0.15, 0.2) is 12.4 Å². The first kappa shape index (κ1) is 9.70. The number of hydrogen-bond acceptors (Lipinski definition) is 0. The summed E-state index contributed by atoms with van der Waals surface area (Å²) in [5.74, 6) is -7.04. The quantitative estimate of drug-likeness (QED) is 0.366. The minimum absolute atomic E-state index is 0.102. The van der Waals surface area contributed by atoms with E-state index in [2.05, 4.69) is 0 Å². The fourth-order valence-electron chi connectivity index (χ4n) is 0.780. The average molecular weight is 194 g/mol. The van der Waals surface area contributed by atoms with Gasteiger partial charge in [0, 0.05) is 5.56 Å². The highest BCUT2D eigenvalue weighted by Crippen LogP contribution is 2.19. The van der Waals surface area contributed by atoms with Crippen LogP contribution in [0.5, 0.6) is 0 Å². The molecule has 1 aromatic carbocycles. The van der Waals surface area contributed by atoms with Crippen molar-refractivity contribution in [1.82, 2.24) is 0 Å². The van der Waals surface area contributed by atoms with Crippen molar-refractivity contribution >= 4 is 6.08 Å². The molecule has 0 heterocycles. The summed E-state index contributed by atoms with van der Waals surface area (Å²) in [7, 11) is 0. The van der Waals surface area contributed by atoms with Gasteiger partial charge < -0.3 is 0 Å². The number of rotatable bonds is 1. The minimum atomic E-state index is -1.95. The van der Waals surface area contributed by atoms with Crippen molar-refractivity contribution in [2.45, 2.75) is 0 Å².